The van der Waals surface area contributed by atoms with Crippen LogP contribution in [0.3, 0.4) is 0 Å². The standard InChI is InChI=1S/C12H13ClN2O4S/c1-14-11(16)7-15-6-10(20(13,17)18)12-8(15)4-3-5-9(12)19-2/h3-6H,7H2,1-2H3,(H,14,16). The molecule has 0 aliphatic carbocycles. The summed E-state index contributed by atoms with van der Waals surface area (Å²) in [6, 6.07) is 5.05. The van der Waals surface area contributed by atoms with Crippen LogP contribution in [0.25, 0.3) is 10.9 Å². The van der Waals surface area contributed by atoms with Crippen molar-refractivity contribution < 1.29 is 17.9 Å². The minimum atomic E-state index is -3.94. The highest BCUT2D eigenvalue weighted by molar-refractivity contribution is 8.14. The normalized spacial score (nSPS) is 11.6. The van der Waals surface area contributed by atoms with Crippen molar-refractivity contribution in [3.05, 3.63) is 24.4 Å². The van der Waals surface area contributed by atoms with Crippen molar-refractivity contribution in [2.45, 2.75) is 11.4 Å². The van der Waals surface area contributed by atoms with E-state index < -0.39 is 9.05 Å². The van der Waals surface area contributed by atoms with Crippen LogP contribution in [-0.2, 0) is 20.4 Å². The molecule has 2 aromatic rings. The SMILES string of the molecule is CNC(=O)Cn1cc(S(=O)(=O)Cl)c2c(OC)cccc21. The second-order valence-electron chi connectivity index (χ2n) is 4.09. The second kappa shape index (κ2) is 5.34. The summed E-state index contributed by atoms with van der Waals surface area (Å²) in [6.07, 6.45) is 1.34. The van der Waals surface area contributed by atoms with E-state index in [1.165, 1.54) is 24.9 Å². The smallest absolute Gasteiger partial charge is 0.263 e. The maximum Gasteiger partial charge on any atom is 0.263 e. The van der Waals surface area contributed by atoms with Crippen molar-refractivity contribution >= 4 is 36.5 Å². The first-order valence-corrected chi connectivity index (χ1v) is 8.00. The van der Waals surface area contributed by atoms with Gasteiger partial charge in [0.25, 0.3) is 9.05 Å². The van der Waals surface area contributed by atoms with E-state index in [0.29, 0.717) is 16.7 Å². The van der Waals surface area contributed by atoms with Gasteiger partial charge in [-0.2, -0.15) is 0 Å². The lowest BCUT2D eigenvalue weighted by molar-refractivity contribution is -0.121. The van der Waals surface area contributed by atoms with Gasteiger partial charge in [0.1, 0.15) is 17.2 Å². The summed E-state index contributed by atoms with van der Waals surface area (Å²) in [5.74, 6) is 0.139. The Kier molecular flexibility index (Phi) is 3.92. The molecule has 8 heteroatoms. The largest absolute Gasteiger partial charge is 0.496 e. The number of nitrogens with zero attached hydrogens (tertiary/aromatic N) is 1. The maximum atomic E-state index is 11.7. The third kappa shape index (κ3) is 2.59. The number of methoxy groups -OCH3 is 1. The van der Waals surface area contributed by atoms with Crippen molar-refractivity contribution in [3.8, 4) is 5.75 Å². The first kappa shape index (κ1) is 14.7. The molecule has 0 aliphatic rings. The van der Waals surface area contributed by atoms with E-state index in [1.807, 2.05) is 0 Å². The summed E-state index contributed by atoms with van der Waals surface area (Å²) in [5.41, 5.74) is 0.562. The van der Waals surface area contributed by atoms with E-state index in [-0.39, 0.29) is 17.3 Å². The van der Waals surface area contributed by atoms with Crippen LogP contribution in [0.2, 0.25) is 0 Å². The maximum absolute atomic E-state index is 11.7. The van der Waals surface area contributed by atoms with Gasteiger partial charge in [0, 0.05) is 23.9 Å². The first-order valence-electron chi connectivity index (χ1n) is 5.69. The van der Waals surface area contributed by atoms with Gasteiger partial charge in [0.2, 0.25) is 5.91 Å². The average molecular weight is 317 g/mol. The molecule has 1 aromatic heterocycles. The Morgan fingerprint density at radius 1 is 1.45 bits per heavy atom. The molecule has 0 saturated heterocycles. The van der Waals surface area contributed by atoms with Crippen LogP contribution < -0.4 is 10.1 Å². The molecule has 0 bridgehead atoms. The molecule has 0 saturated carbocycles. The van der Waals surface area contributed by atoms with E-state index in [4.69, 9.17) is 15.4 Å². The predicted molar refractivity (Wildman–Crippen MR) is 75.6 cm³/mol. The summed E-state index contributed by atoms with van der Waals surface area (Å²) >= 11 is 0. The van der Waals surface area contributed by atoms with E-state index >= 15 is 0 Å². The molecule has 0 aliphatic heterocycles. The summed E-state index contributed by atoms with van der Waals surface area (Å²) in [7, 11) is 4.46. The fourth-order valence-corrected chi connectivity index (χ4v) is 3.05. The van der Waals surface area contributed by atoms with Crippen molar-refractivity contribution in [2.75, 3.05) is 14.2 Å². The highest BCUT2D eigenvalue weighted by Crippen LogP contribution is 2.34. The Bertz CT molecular complexity index is 767. The van der Waals surface area contributed by atoms with Crippen molar-refractivity contribution in [1.29, 1.82) is 0 Å². The molecule has 2 rings (SSSR count). The highest BCUT2D eigenvalue weighted by atomic mass is 35.7. The molecule has 0 spiro atoms. The lowest BCUT2D eigenvalue weighted by Crippen LogP contribution is -2.23. The third-order valence-corrected chi connectivity index (χ3v) is 4.24. The van der Waals surface area contributed by atoms with Gasteiger partial charge in [-0.15, -0.1) is 0 Å². The first-order chi connectivity index (χ1) is 9.38. The van der Waals surface area contributed by atoms with E-state index in [9.17, 15) is 13.2 Å². The molecule has 1 aromatic carbocycles. The van der Waals surface area contributed by atoms with Crippen LogP contribution in [-0.4, -0.2) is 33.0 Å². The molecule has 108 valence electrons. The Morgan fingerprint density at radius 2 is 2.15 bits per heavy atom. The van der Waals surface area contributed by atoms with Crippen molar-refractivity contribution in [3.63, 3.8) is 0 Å². The molecule has 0 unspecified atom stereocenters. The number of likely N-dealkylation sites (N-methyl/N-ethyl adjacent to an activating group) is 1. The van der Waals surface area contributed by atoms with Crippen LogP contribution >= 0.6 is 10.7 Å². The van der Waals surface area contributed by atoms with Gasteiger partial charge in [-0.1, -0.05) is 6.07 Å². The number of aromatic nitrogens is 1. The topological polar surface area (TPSA) is 77.4 Å². The van der Waals surface area contributed by atoms with Crippen molar-refractivity contribution in [1.82, 2.24) is 9.88 Å². The molecule has 1 N–H and O–H groups in total. The Balaban J connectivity index is 2.76. The van der Waals surface area contributed by atoms with Gasteiger partial charge in [-0.25, -0.2) is 8.42 Å². The van der Waals surface area contributed by atoms with Crippen molar-refractivity contribution in [2.24, 2.45) is 0 Å². The fraction of sp³-hybridized carbons (Fsp3) is 0.250. The molecule has 0 radical (unpaired) electrons. The molecular formula is C12H13ClN2O4S. The monoisotopic (exact) mass is 316 g/mol. The van der Waals surface area contributed by atoms with Crippen LogP contribution in [0, 0.1) is 0 Å². The number of benzene rings is 1. The number of carbonyl (C=O) groups is 1. The second-order valence-corrected chi connectivity index (χ2v) is 6.62. The summed E-state index contributed by atoms with van der Waals surface area (Å²) < 4.78 is 30.1. The number of nitrogens with one attached hydrogen (secondary N) is 1. The summed E-state index contributed by atoms with van der Waals surface area (Å²) in [5, 5.41) is 2.85. The minimum Gasteiger partial charge on any atom is -0.496 e. The van der Waals surface area contributed by atoms with Gasteiger partial charge >= 0.3 is 0 Å². The lowest BCUT2D eigenvalue weighted by atomic mass is 10.2. The van der Waals surface area contributed by atoms with Gasteiger partial charge in [-0.3, -0.25) is 4.79 Å². The molecule has 0 fully saturated rings. The zero-order valence-corrected chi connectivity index (χ0v) is 12.5. The molecule has 0 atom stereocenters. The minimum absolute atomic E-state index is 0.00736. The summed E-state index contributed by atoms with van der Waals surface area (Å²) in [6.45, 7) is -0.00736. The third-order valence-electron chi connectivity index (χ3n) is 2.91. The molecule has 20 heavy (non-hydrogen) atoms. The Labute approximate surface area is 120 Å². The molecular weight excluding hydrogens is 304 g/mol. The van der Waals surface area contributed by atoms with E-state index in [0.717, 1.165) is 0 Å². The van der Waals surface area contributed by atoms with Gasteiger partial charge in [-0.05, 0) is 12.1 Å². The fourth-order valence-electron chi connectivity index (χ4n) is 2.00. The van der Waals surface area contributed by atoms with Gasteiger partial charge < -0.3 is 14.6 Å². The zero-order chi connectivity index (χ0) is 14.9. The van der Waals surface area contributed by atoms with E-state index in [1.54, 1.807) is 18.2 Å². The Hall–Kier alpha value is -1.73. The van der Waals surface area contributed by atoms with Crippen LogP contribution in [0.15, 0.2) is 29.3 Å². The number of amides is 1. The van der Waals surface area contributed by atoms with E-state index in [2.05, 4.69) is 5.32 Å². The number of carbonyl (C=O) groups excluding carboxylic acids is 1. The number of ether oxygens (including phenoxy) is 1. The van der Waals surface area contributed by atoms with Crippen LogP contribution in [0.1, 0.15) is 0 Å². The quantitative estimate of drug-likeness (QED) is 0.863. The molecule has 1 heterocycles. The van der Waals surface area contributed by atoms with Gasteiger partial charge in [0.05, 0.1) is 18.0 Å². The van der Waals surface area contributed by atoms with Crippen LogP contribution in [0.5, 0.6) is 5.75 Å². The number of hydrogen-bond donors (Lipinski definition) is 1. The number of halogens is 1. The van der Waals surface area contributed by atoms with Crippen LogP contribution in [0.4, 0.5) is 0 Å². The average Bonchev–Trinajstić information content (AvgIpc) is 2.77. The summed E-state index contributed by atoms with van der Waals surface area (Å²) in [4.78, 5) is 11.4. The highest BCUT2D eigenvalue weighted by Gasteiger charge is 2.22. The number of fused-ring (bicyclic) bond motifs is 1. The Morgan fingerprint density at radius 3 is 2.70 bits per heavy atom. The zero-order valence-electron chi connectivity index (χ0n) is 10.9. The predicted octanol–water partition coefficient (Wildman–Crippen LogP) is 1.32. The van der Waals surface area contributed by atoms with Gasteiger partial charge in [0.15, 0.2) is 0 Å². The lowest BCUT2D eigenvalue weighted by Gasteiger charge is -2.05. The number of rotatable bonds is 4. The molecule has 6 nitrogen and oxygen atoms in total. The molecule has 1 amide bonds. The number of hydrogen-bond acceptors (Lipinski definition) is 4.